The van der Waals surface area contributed by atoms with E-state index in [0.29, 0.717) is 11.1 Å². The second kappa shape index (κ2) is 13.2. The normalized spacial score (nSPS) is 12.3. The maximum absolute atomic E-state index is 14.7. The molecule has 6 aromatic rings. The van der Waals surface area contributed by atoms with Gasteiger partial charge in [-0.1, -0.05) is 127 Å². The van der Waals surface area contributed by atoms with E-state index in [-0.39, 0.29) is 11.5 Å². The second-order valence-corrected chi connectivity index (χ2v) is 11.1. The van der Waals surface area contributed by atoms with E-state index in [2.05, 4.69) is 23.7 Å². The summed E-state index contributed by atoms with van der Waals surface area (Å²) in [5.41, 5.74) is 9.93. The number of ketones is 1. The van der Waals surface area contributed by atoms with Gasteiger partial charge in [0.15, 0.2) is 5.78 Å². The molecule has 0 amide bonds. The van der Waals surface area contributed by atoms with Crippen molar-refractivity contribution in [2.75, 3.05) is 0 Å². The molecule has 1 aliphatic rings. The highest BCUT2D eigenvalue weighted by Crippen LogP contribution is 2.49. The van der Waals surface area contributed by atoms with E-state index in [1.165, 1.54) is 0 Å². The van der Waals surface area contributed by atoms with Gasteiger partial charge in [0.2, 0.25) is 0 Å². The average molecular weight is 601 g/mol. The van der Waals surface area contributed by atoms with Crippen molar-refractivity contribution in [1.29, 1.82) is 0 Å². The van der Waals surface area contributed by atoms with Gasteiger partial charge in [-0.25, -0.2) is 0 Å². The molecule has 0 radical (unpaired) electrons. The van der Waals surface area contributed by atoms with Crippen LogP contribution in [0.2, 0.25) is 0 Å². The Hall–Kier alpha value is -6.61. The van der Waals surface area contributed by atoms with Crippen LogP contribution >= 0.6 is 0 Å². The number of hydrogen-bond acceptors (Lipinski definition) is 2. The van der Waals surface area contributed by atoms with Crippen LogP contribution in [0, 0.1) is 23.7 Å². The maximum Gasteiger partial charge on any atom is 0.195 e. The number of aromatic hydroxyl groups is 1. The highest BCUT2D eigenvalue weighted by molar-refractivity contribution is 6.59. The van der Waals surface area contributed by atoms with Crippen LogP contribution in [0.15, 0.2) is 164 Å². The molecule has 0 spiro atoms. The number of hydrogen-bond donors (Lipinski definition) is 1. The number of allylic oxidation sites excluding steroid dienone is 4. The lowest BCUT2D eigenvalue weighted by Crippen LogP contribution is -2.02. The molecule has 7 rings (SSSR count). The molecule has 0 unspecified atom stereocenters. The topological polar surface area (TPSA) is 37.3 Å². The van der Waals surface area contributed by atoms with Gasteiger partial charge in [0, 0.05) is 44.5 Å². The molecule has 2 nitrogen and oxygen atoms in total. The standard InChI is InChI=1S/C45H28O2/c46-40-30-28-37(29-31-40)42-41(36-14-8-3-9-15-36)43(38-24-20-34(21-25-38)18-16-32-10-4-1-5-11-32)45(47)44(42)39-26-22-35(23-27-39)19-17-33-12-6-2-7-13-33/h1-15,20-31,46H. The molecular formula is C45H28O2. The van der Waals surface area contributed by atoms with Crippen molar-refractivity contribution < 1.29 is 9.90 Å². The van der Waals surface area contributed by atoms with E-state index in [1.54, 1.807) is 12.1 Å². The van der Waals surface area contributed by atoms with Crippen LogP contribution < -0.4 is 0 Å². The van der Waals surface area contributed by atoms with Crippen LogP contribution in [0.4, 0.5) is 0 Å². The quantitative estimate of drug-likeness (QED) is 0.205. The Morgan fingerprint density at radius 2 is 0.617 bits per heavy atom. The largest absolute Gasteiger partial charge is 0.508 e. The molecule has 0 aliphatic heterocycles. The predicted octanol–water partition coefficient (Wildman–Crippen LogP) is 9.30. The van der Waals surface area contributed by atoms with Crippen LogP contribution in [0.5, 0.6) is 5.75 Å². The van der Waals surface area contributed by atoms with Crippen LogP contribution in [0.1, 0.15) is 44.5 Å². The van der Waals surface area contributed by atoms with Gasteiger partial charge in [0.1, 0.15) is 5.75 Å². The Balaban J connectivity index is 1.35. The zero-order chi connectivity index (χ0) is 32.0. The summed E-state index contributed by atoms with van der Waals surface area (Å²) in [6.45, 7) is 0. The number of phenolic OH excluding ortho intramolecular Hbond substituents is 1. The van der Waals surface area contributed by atoms with Gasteiger partial charge < -0.3 is 5.11 Å². The third-order valence-corrected chi connectivity index (χ3v) is 8.02. The Labute approximate surface area is 275 Å². The number of Topliss-reactive ketones (excluding diaryl/α,β-unsaturated/α-hetero) is 1. The molecule has 1 aliphatic carbocycles. The smallest absolute Gasteiger partial charge is 0.195 e. The van der Waals surface area contributed by atoms with Gasteiger partial charge in [-0.05, 0) is 82.9 Å². The molecule has 0 fully saturated rings. The van der Waals surface area contributed by atoms with Gasteiger partial charge >= 0.3 is 0 Å². The summed E-state index contributed by atoms with van der Waals surface area (Å²) >= 11 is 0. The fourth-order valence-electron chi connectivity index (χ4n) is 5.74. The van der Waals surface area contributed by atoms with Gasteiger partial charge in [-0.3, -0.25) is 4.79 Å². The van der Waals surface area contributed by atoms with E-state index in [9.17, 15) is 9.90 Å². The molecule has 6 aromatic carbocycles. The minimum Gasteiger partial charge on any atom is -0.508 e. The predicted molar refractivity (Wildman–Crippen MR) is 191 cm³/mol. The van der Waals surface area contributed by atoms with E-state index in [1.807, 2.05) is 152 Å². The highest BCUT2D eigenvalue weighted by Gasteiger charge is 2.35. The Morgan fingerprint density at radius 3 is 1.02 bits per heavy atom. The molecule has 0 saturated heterocycles. The fraction of sp³-hybridized carbons (Fsp3) is 0. The lowest BCUT2D eigenvalue weighted by atomic mass is 9.89. The van der Waals surface area contributed by atoms with Crippen molar-refractivity contribution in [2.24, 2.45) is 0 Å². The molecule has 0 heterocycles. The number of carbonyl (C=O) groups is 1. The van der Waals surface area contributed by atoms with Crippen molar-refractivity contribution in [3.63, 3.8) is 0 Å². The molecule has 1 N–H and O–H groups in total. The fourth-order valence-corrected chi connectivity index (χ4v) is 5.74. The molecular weight excluding hydrogens is 572 g/mol. The Kier molecular flexibility index (Phi) is 8.16. The van der Waals surface area contributed by atoms with Crippen LogP contribution in [0.25, 0.3) is 22.3 Å². The third kappa shape index (κ3) is 6.31. The van der Waals surface area contributed by atoms with Gasteiger partial charge in [0.25, 0.3) is 0 Å². The number of phenols is 1. The Morgan fingerprint density at radius 1 is 0.319 bits per heavy atom. The first kappa shape index (κ1) is 29.1. The first-order valence-corrected chi connectivity index (χ1v) is 15.4. The summed E-state index contributed by atoms with van der Waals surface area (Å²) in [6.07, 6.45) is 0. The first-order valence-electron chi connectivity index (χ1n) is 15.4. The molecule has 0 bridgehead atoms. The SMILES string of the molecule is O=C1C(c2ccc(C#Cc3ccccc3)cc2)=C(c2ccccc2)C(c2ccc(O)cc2)=C1c1ccc(C#Cc2ccccc2)cc1. The number of rotatable bonds is 4. The van der Waals surface area contributed by atoms with E-state index >= 15 is 0 Å². The highest BCUT2D eigenvalue weighted by atomic mass is 16.3. The first-order chi connectivity index (χ1) is 23.1. The van der Waals surface area contributed by atoms with E-state index in [0.717, 1.165) is 55.7 Å². The molecule has 220 valence electrons. The number of benzene rings is 6. The number of carbonyl (C=O) groups excluding carboxylic acids is 1. The zero-order valence-corrected chi connectivity index (χ0v) is 25.4. The maximum atomic E-state index is 14.7. The molecule has 0 atom stereocenters. The van der Waals surface area contributed by atoms with Gasteiger partial charge in [-0.2, -0.15) is 0 Å². The lowest BCUT2D eigenvalue weighted by Gasteiger charge is -2.14. The zero-order valence-electron chi connectivity index (χ0n) is 25.4. The van der Waals surface area contributed by atoms with Crippen molar-refractivity contribution in [2.45, 2.75) is 0 Å². The van der Waals surface area contributed by atoms with E-state index < -0.39 is 0 Å². The average Bonchev–Trinajstić information content (AvgIpc) is 3.44. The van der Waals surface area contributed by atoms with Crippen molar-refractivity contribution in [1.82, 2.24) is 0 Å². The second-order valence-electron chi connectivity index (χ2n) is 11.1. The molecule has 47 heavy (non-hydrogen) atoms. The minimum absolute atomic E-state index is 0.0573. The summed E-state index contributed by atoms with van der Waals surface area (Å²) in [6, 6.07) is 52.6. The summed E-state index contributed by atoms with van der Waals surface area (Å²) in [5, 5.41) is 10.1. The summed E-state index contributed by atoms with van der Waals surface area (Å²) in [7, 11) is 0. The summed E-state index contributed by atoms with van der Waals surface area (Å²) in [4.78, 5) is 14.7. The minimum atomic E-state index is -0.0573. The molecule has 0 aromatic heterocycles. The van der Waals surface area contributed by atoms with Crippen molar-refractivity contribution in [3.8, 4) is 29.4 Å². The molecule has 0 saturated carbocycles. The summed E-state index contributed by atoms with van der Waals surface area (Å²) < 4.78 is 0. The molecule has 2 heteroatoms. The van der Waals surface area contributed by atoms with Crippen LogP contribution in [-0.4, -0.2) is 10.9 Å². The Bertz CT molecular complexity index is 2250. The summed E-state index contributed by atoms with van der Waals surface area (Å²) in [5.74, 6) is 13.0. The van der Waals surface area contributed by atoms with Gasteiger partial charge in [0.05, 0.1) is 0 Å². The lowest BCUT2D eigenvalue weighted by molar-refractivity contribution is -0.108. The van der Waals surface area contributed by atoms with Crippen molar-refractivity contribution >= 4 is 28.1 Å². The van der Waals surface area contributed by atoms with Crippen molar-refractivity contribution in [3.05, 3.63) is 208 Å². The monoisotopic (exact) mass is 600 g/mol. The third-order valence-electron chi connectivity index (χ3n) is 8.02. The van der Waals surface area contributed by atoms with Gasteiger partial charge in [-0.15, -0.1) is 0 Å². The van der Waals surface area contributed by atoms with E-state index in [4.69, 9.17) is 0 Å². The van der Waals surface area contributed by atoms with Crippen LogP contribution in [0.3, 0.4) is 0 Å². The van der Waals surface area contributed by atoms with Crippen LogP contribution in [-0.2, 0) is 4.79 Å².